The van der Waals surface area contributed by atoms with Crippen LogP contribution in [0.2, 0.25) is 0 Å². The average molecular weight is 355 g/mol. The largest absolute Gasteiger partial charge is 0.351 e. The molecular weight excluding hydrogens is 338 g/mol. The number of fused-ring (bicyclic) bond motifs is 1. The third-order valence-corrected chi connectivity index (χ3v) is 4.86. The first-order valence-corrected chi connectivity index (χ1v) is 8.39. The molecule has 2 heterocycles. The predicted octanol–water partition coefficient (Wildman–Crippen LogP) is 3.36. The van der Waals surface area contributed by atoms with Gasteiger partial charge in [-0.05, 0) is 44.5 Å². The maximum Gasteiger partial charge on any atom is 0.316 e. The van der Waals surface area contributed by atoms with Crippen molar-refractivity contribution in [3.8, 4) is 0 Å². The van der Waals surface area contributed by atoms with E-state index in [4.69, 9.17) is 5.73 Å². The van der Waals surface area contributed by atoms with Gasteiger partial charge < -0.3 is 16.4 Å². The molecule has 128 valence electrons. The first-order valence-electron chi connectivity index (χ1n) is 7.57. The predicted molar refractivity (Wildman–Crippen MR) is 99.2 cm³/mol. The van der Waals surface area contributed by atoms with Gasteiger partial charge in [-0.1, -0.05) is 6.07 Å². The average Bonchev–Trinajstić information content (AvgIpc) is 2.84. The van der Waals surface area contributed by atoms with Crippen LogP contribution in [-0.2, 0) is 0 Å². The number of aromatic nitrogens is 2. The maximum absolute atomic E-state index is 12.7. The second-order valence-electron chi connectivity index (χ2n) is 5.62. The molecule has 7 nitrogen and oxygen atoms in total. The van der Waals surface area contributed by atoms with Gasteiger partial charge in [-0.3, -0.25) is 4.79 Å². The van der Waals surface area contributed by atoms with Gasteiger partial charge in [0, 0.05) is 22.5 Å². The van der Waals surface area contributed by atoms with E-state index in [1.807, 2.05) is 20.8 Å². The van der Waals surface area contributed by atoms with Crippen LogP contribution in [0.15, 0.2) is 24.3 Å². The molecule has 3 aromatic rings. The SMILES string of the molecule is Cc1nc(C)c2c(C)c(C(=O)Nc3cccc(NC(N)=O)c3)sc2n1. The van der Waals surface area contributed by atoms with E-state index in [9.17, 15) is 9.59 Å². The van der Waals surface area contributed by atoms with Crippen LogP contribution < -0.4 is 16.4 Å². The molecule has 0 radical (unpaired) electrons. The van der Waals surface area contributed by atoms with E-state index >= 15 is 0 Å². The zero-order valence-corrected chi connectivity index (χ0v) is 14.8. The third kappa shape index (κ3) is 3.43. The Labute approximate surface area is 148 Å². The maximum atomic E-state index is 12.7. The number of nitrogens with two attached hydrogens (primary N) is 1. The summed E-state index contributed by atoms with van der Waals surface area (Å²) in [7, 11) is 0. The van der Waals surface area contributed by atoms with Crippen LogP contribution in [-0.4, -0.2) is 21.9 Å². The molecule has 0 aliphatic heterocycles. The molecule has 0 aliphatic rings. The Hall–Kier alpha value is -3.00. The van der Waals surface area contributed by atoms with Gasteiger partial charge in [0.05, 0.1) is 4.88 Å². The topological polar surface area (TPSA) is 110 Å². The molecule has 0 fully saturated rings. The lowest BCUT2D eigenvalue weighted by atomic mass is 10.1. The van der Waals surface area contributed by atoms with Crippen molar-refractivity contribution in [2.45, 2.75) is 20.8 Å². The smallest absolute Gasteiger partial charge is 0.316 e. The Kier molecular flexibility index (Phi) is 4.37. The summed E-state index contributed by atoms with van der Waals surface area (Å²) in [4.78, 5) is 33.8. The zero-order chi connectivity index (χ0) is 18.1. The molecule has 2 aromatic heterocycles. The van der Waals surface area contributed by atoms with Crippen LogP contribution in [0, 0.1) is 20.8 Å². The van der Waals surface area contributed by atoms with Crippen LogP contribution >= 0.6 is 11.3 Å². The molecule has 0 spiro atoms. The fourth-order valence-electron chi connectivity index (χ4n) is 2.70. The van der Waals surface area contributed by atoms with Gasteiger partial charge in [-0.15, -0.1) is 11.3 Å². The Balaban J connectivity index is 1.92. The van der Waals surface area contributed by atoms with Crippen LogP contribution in [0.1, 0.15) is 26.8 Å². The lowest BCUT2D eigenvalue weighted by molar-refractivity contribution is 0.103. The molecule has 3 amide bonds. The number of hydrogen-bond donors (Lipinski definition) is 3. The fourth-order valence-corrected chi connectivity index (χ4v) is 3.87. The number of aryl methyl sites for hydroxylation is 3. The van der Waals surface area contributed by atoms with Gasteiger partial charge in [0.15, 0.2) is 0 Å². The minimum Gasteiger partial charge on any atom is -0.351 e. The number of benzene rings is 1. The van der Waals surface area contributed by atoms with Crippen LogP contribution in [0.5, 0.6) is 0 Å². The second kappa shape index (κ2) is 6.48. The van der Waals surface area contributed by atoms with Crippen molar-refractivity contribution in [1.82, 2.24) is 9.97 Å². The van der Waals surface area contributed by atoms with E-state index in [1.54, 1.807) is 24.3 Å². The molecule has 0 bridgehead atoms. The lowest BCUT2D eigenvalue weighted by Crippen LogP contribution is -2.19. The highest BCUT2D eigenvalue weighted by atomic mass is 32.1. The molecule has 3 rings (SSSR count). The monoisotopic (exact) mass is 355 g/mol. The van der Waals surface area contributed by atoms with Gasteiger partial charge in [0.1, 0.15) is 10.7 Å². The minimum atomic E-state index is -0.659. The Morgan fingerprint density at radius 2 is 1.76 bits per heavy atom. The van der Waals surface area contributed by atoms with Crippen LogP contribution in [0.4, 0.5) is 16.2 Å². The number of rotatable bonds is 3. The van der Waals surface area contributed by atoms with Crippen LogP contribution in [0.25, 0.3) is 10.2 Å². The highest BCUT2D eigenvalue weighted by Crippen LogP contribution is 2.31. The number of urea groups is 1. The normalized spacial score (nSPS) is 10.7. The van der Waals surface area contributed by atoms with Crippen molar-refractivity contribution in [1.29, 1.82) is 0 Å². The number of carbonyl (C=O) groups is 2. The van der Waals surface area contributed by atoms with E-state index in [2.05, 4.69) is 20.6 Å². The summed E-state index contributed by atoms with van der Waals surface area (Å²) in [6.45, 7) is 5.64. The number of amides is 3. The number of thiophene rings is 1. The highest BCUT2D eigenvalue weighted by molar-refractivity contribution is 7.20. The van der Waals surface area contributed by atoms with E-state index in [-0.39, 0.29) is 5.91 Å². The summed E-state index contributed by atoms with van der Waals surface area (Å²) >= 11 is 1.34. The molecule has 0 unspecified atom stereocenters. The summed E-state index contributed by atoms with van der Waals surface area (Å²) in [5, 5.41) is 6.24. The fraction of sp³-hybridized carbons (Fsp3) is 0.176. The molecule has 8 heteroatoms. The summed E-state index contributed by atoms with van der Waals surface area (Å²) < 4.78 is 0. The van der Waals surface area contributed by atoms with Gasteiger partial charge in [0.2, 0.25) is 0 Å². The van der Waals surface area contributed by atoms with Gasteiger partial charge in [-0.25, -0.2) is 14.8 Å². The quantitative estimate of drug-likeness (QED) is 0.669. The zero-order valence-electron chi connectivity index (χ0n) is 14.0. The highest BCUT2D eigenvalue weighted by Gasteiger charge is 2.18. The Morgan fingerprint density at radius 1 is 1.08 bits per heavy atom. The van der Waals surface area contributed by atoms with E-state index < -0.39 is 6.03 Å². The van der Waals surface area contributed by atoms with Gasteiger partial charge in [-0.2, -0.15) is 0 Å². The standard InChI is InChI=1S/C17H17N5O2S/c1-8-13-9(2)19-10(3)20-16(13)25-14(8)15(23)21-11-5-4-6-12(7-11)22-17(18)24/h4-7H,1-3H3,(H,21,23)(H3,18,22,24). The number of nitrogens with zero attached hydrogens (tertiary/aromatic N) is 2. The molecule has 25 heavy (non-hydrogen) atoms. The molecule has 0 aliphatic carbocycles. The summed E-state index contributed by atoms with van der Waals surface area (Å²) in [6.07, 6.45) is 0. The third-order valence-electron chi connectivity index (χ3n) is 3.68. The molecule has 0 saturated heterocycles. The van der Waals surface area contributed by atoms with E-state index in [0.717, 1.165) is 21.5 Å². The van der Waals surface area contributed by atoms with Crippen molar-refractivity contribution >= 4 is 44.9 Å². The molecular formula is C17H17N5O2S. The molecule has 1 aromatic carbocycles. The van der Waals surface area contributed by atoms with Crippen molar-refractivity contribution < 1.29 is 9.59 Å². The summed E-state index contributed by atoms with van der Waals surface area (Å²) in [5.41, 5.74) is 7.91. The molecule has 0 atom stereocenters. The van der Waals surface area contributed by atoms with E-state index in [0.29, 0.717) is 22.1 Å². The number of nitrogens with one attached hydrogen (secondary N) is 2. The van der Waals surface area contributed by atoms with Crippen LogP contribution in [0.3, 0.4) is 0 Å². The minimum absolute atomic E-state index is 0.228. The first kappa shape index (κ1) is 16.8. The Morgan fingerprint density at radius 3 is 2.44 bits per heavy atom. The second-order valence-corrected chi connectivity index (χ2v) is 6.62. The number of primary amides is 1. The van der Waals surface area contributed by atoms with Crippen molar-refractivity contribution in [2.75, 3.05) is 10.6 Å². The summed E-state index contributed by atoms with van der Waals surface area (Å²) in [6, 6.07) is 6.13. The Bertz CT molecular complexity index is 996. The lowest BCUT2D eigenvalue weighted by Gasteiger charge is -2.07. The number of carbonyl (C=O) groups excluding carboxylic acids is 2. The number of hydrogen-bond acceptors (Lipinski definition) is 5. The molecule has 0 saturated carbocycles. The van der Waals surface area contributed by atoms with Crippen molar-refractivity contribution in [2.24, 2.45) is 5.73 Å². The first-order chi connectivity index (χ1) is 11.8. The van der Waals surface area contributed by atoms with Crippen molar-refractivity contribution in [3.05, 3.63) is 46.2 Å². The van der Waals surface area contributed by atoms with Gasteiger partial charge in [0.25, 0.3) is 5.91 Å². The number of anilines is 2. The summed E-state index contributed by atoms with van der Waals surface area (Å²) in [5.74, 6) is 0.456. The van der Waals surface area contributed by atoms with Crippen molar-refractivity contribution in [3.63, 3.8) is 0 Å². The van der Waals surface area contributed by atoms with Gasteiger partial charge >= 0.3 is 6.03 Å². The van der Waals surface area contributed by atoms with E-state index in [1.165, 1.54) is 11.3 Å². The molecule has 4 N–H and O–H groups in total.